The summed E-state index contributed by atoms with van der Waals surface area (Å²) in [6, 6.07) is 2.47. The van der Waals surface area contributed by atoms with Gasteiger partial charge in [0.2, 0.25) is 0 Å². The van der Waals surface area contributed by atoms with Crippen molar-refractivity contribution in [2.45, 2.75) is 6.92 Å². The Morgan fingerprint density at radius 3 is 2.80 bits per heavy atom. The molecule has 0 saturated carbocycles. The average Bonchev–Trinajstić information content (AvgIpc) is 2.17. The first-order valence-corrected chi connectivity index (χ1v) is 5.32. The molecule has 0 bridgehead atoms. The number of halogens is 2. The van der Waals surface area contributed by atoms with Gasteiger partial charge in [-0.15, -0.1) is 0 Å². The molecule has 0 fully saturated rings. The van der Waals surface area contributed by atoms with E-state index in [0.717, 1.165) is 0 Å². The predicted octanol–water partition coefficient (Wildman–Crippen LogP) is 4.08. The minimum absolute atomic E-state index is 0.0403. The van der Waals surface area contributed by atoms with Gasteiger partial charge in [0.15, 0.2) is 10.3 Å². The van der Waals surface area contributed by atoms with Crippen LogP contribution in [0.2, 0.25) is 0 Å². The van der Waals surface area contributed by atoms with Crippen LogP contribution in [0.25, 0.3) is 11.0 Å². The minimum Gasteiger partial charge on any atom is -0.507 e. The van der Waals surface area contributed by atoms with E-state index in [2.05, 4.69) is 15.9 Å². The summed E-state index contributed by atoms with van der Waals surface area (Å²) < 4.78 is 19.0. The average molecular weight is 289 g/mol. The van der Waals surface area contributed by atoms with Gasteiger partial charge in [-0.1, -0.05) is 0 Å². The highest BCUT2D eigenvalue weighted by Gasteiger charge is 2.11. The maximum absolute atomic E-state index is 13.1. The summed E-state index contributed by atoms with van der Waals surface area (Å²) in [7, 11) is 0. The first kappa shape index (κ1) is 10.6. The molecule has 0 unspecified atom stereocenters. The van der Waals surface area contributed by atoms with Gasteiger partial charge in [-0.3, -0.25) is 0 Å². The van der Waals surface area contributed by atoms with Crippen molar-refractivity contribution in [1.82, 2.24) is 0 Å². The van der Waals surface area contributed by atoms with Crippen LogP contribution in [0.4, 0.5) is 4.39 Å². The van der Waals surface area contributed by atoms with Gasteiger partial charge in [-0.25, -0.2) is 4.39 Å². The summed E-state index contributed by atoms with van der Waals surface area (Å²) in [6.07, 6.45) is 0. The Balaban J connectivity index is 3.05. The maximum atomic E-state index is 13.1. The Morgan fingerprint density at radius 2 is 2.13 bits per heavy atom. The van der Waals surface area contributed by atoms with Crippen LogP contribution in [0.5, 0.6) is 5.75 Å². The van der Waals surface area contributed by atoms with Crippen molar-refractivity contribution in [2.24, 2.45) is 0 Å². The molecular formula is C10H6BrFO2S. The van der Waals surface area contributed by atoms with Gasteiger partial charge in [0.1, 0.15) is 11.6 Å². The van der Waals surface area contributed by atoms with E-state index in [9.17, 15) is 9.50 Å². The molecule has 0 aliphatic heterocycles. The molecule has 1 aromatic carbocycles. The monoisotopic (exact) mass is 288 g/mol. The van der Waals surface area contributed by atoms with E-state index in [-0.39, 0.29) is 10.5 Å². The Bertz CT molecular complexity index is 606. The zero-order valence-electron chi connectivity index (χ0n) is 7.67. The molecule has 15 heavy (non-hydrogen) atoms. The minimum atomic E-state index is -0.448. The summed E-state index contributed by atoms with van der Waals surface area (Å²) in [4.78, 5) is 0. The normalized spacial score (nSPS) is 10.9. The van der Waals surface area contributed by atoms with Crippen LogP contribution in [0.3, 0.4) is 0 Å². The Kier molecular flexibility index (Phi) is 2.52. The van der Waals surface area contributed by atoms with E-state index < -0.39 is 5.82 Å². The lowest BCUT2D eigenvalue weighted by molar-refractivity contribution is 0.465. The maximum Gasteiger partial charge on any atom is 0.197 e. The molecule has 0 saturated heterocycles. The standard InChI is InChI=1S/C10H6BrFO2S/c1-4-8(13)6-2-5(12)3-7(11)9(6)14-10(4)15/h2-3,13H,1H3. The second-order valence-corrected chi connectivity index (χ2v) is 4.35. The lowest BCUT2D eigenvalue weighted by Crippen LogP contribution is -1.84. The summed E-state index contributed by atoms with van der Waals surface area (Å²) >= 11 is 8.07. The summed E-state index contributed by atoms with van der Waals surface area (Å²) in [5.41, 5.74) is 0.791. The molecule has 1 N–H and O–H groups in total. The smallest absolute Gasteiger partial charge is 0.197 e. The van der Waals surface area contributed by atoms with Crippen molar-refractivity contribution in [1.29, 1.82) is 0 Å². The van der Waals surface area contributed by atoms with E-state index >= 15 is 0 Å². The molecular weight excluding hydrogens is 283 g/mol. The van der Waals surface area contributed by atoms with E-state index in [0.29, 0.717) is 21.0 Å². The number of fused-ring (bicyclic) bond motifs is 1. The summed E-state index contributed by atoms with van der Waals surface area (Å²) in [6.45, 7) is 1.62. The van der Waals surface area contributed by atoms with Gasteiger partial charge < -0.3 is 9.52 Å². The fourth-order valence-electron chi connectivity index (χ4n) is 1.31. The van der Waals surface area contributed by atoms with Gasteiger partial charge in [0.05, 0.1) is 9.86 Å². The van der Waals surface area contributed by atoms with Crippen LogP contribution in [-0.2, 0) is 0 Å². The quantitative estimate of drug-likeness (QED) is 0.742. The van der Waals surface area contributed by atoms with Crippen LogP contribution < -0.4 is 0 Å². The SMILES string of the molecule is Cc1c(O)c2cc(F)cc(Br)c2oc1=S. The van der Waals surface area contributed by atoms with Crippen LogP contribution in [0.15, 0.2) is 21.0 Å². The molecule has 2 aromatic rings. The van der Waals surface area contributed by atoms with E-state index in [1.807, 2.05) is 0 Å². The van der Waals surface area contributed by atoms with E-state index in [1.165, 1.54) is 12.1 Å². The molecule has 2 nitrogen and oxygen atoms in total. The highest BCUT2D eigenvalue weighted by Crippen LogP contribution is 2.34. The third kappa shape index (κ3) is 1.66. The van der Waals surface area contributed by atoms with Crippen molar-refractivity contribution in [3.8, 4) is 5.75 Å². The van der Waals surface area contributed by atoms with Gasteiger partial charge >= 0.3 is 0 Å². The van der Waals surface area contributed by atoms with Crippen LogP contribution in [0, 0.1) is 17.4 Å². The fourth-order valence-corrected chi connectivity index (χ4v) is 2.00. The number of aromatic hydroxyl groups is 1. The zero-order chi connectivity index (χ0) is 11.2. The second-order valence-electron chi connectivity index (χ2n) is 3.13. The second kappa shape index (κ2) is 3.57. The Hall–Kier alpha value is -0.940. The summed E-state index contributed by atoms with van der Waals surface area (Å²) in [5, 5.41) is 10.1. The van der Waals surface area contributed by atoms with Gasteiger partial charge in [-0.05, 0) is 47.2 Å². The van der Waals surface area contributed by atoms with E-state index in [1.54, 1.807) is 6.92 Å². The lowest BCUT2D eigenvalue weighted by Gasteiger charge is -2.05. The molecule has 0 aliphatic rings. The number of benzene rings is 1. The highest BCUT2D eigenvalue weighted by atomic mass is 79.9. The Morgan fingerprint density at radius 1 is 1.47 bits per heavy atom. The van der Waals surface area contributed by atoms with Crippen molar-refractivity contribution < 1.29 is 13.9 Å². The predicted molar refractivity (Wildman–Crippen MR) is 61.1 cm³/mol. The molecule has 78 valence electrons. The molecule has 2 rings (SSSR count). The number of hydrogen-bond donors (Lipinski definition) is 1. The molecule has 0 aliphatic carbocycles. The lowest BCUT2D eigenvalue weighted by atomic mass is 10.1. The molecule has 0 amide bonds. The van der Waals surface area contributed by atoms with Gasteiger partial charge in [0, 0.05) is 5.56 Å². The number of rotatable bonds is 0. The third-order valence-corrected chi connectivity index (χ3v) is 3.10. The molecule has 1 heterocycles. The number of hydrogen-bond acceptors (Lipinski definition) is 3. The first-order valence-electron chi connectivity index (χ1n) is 4.12. The molecule has 0 atom stereocenters. The van der Waals surface area contributed by atoms with E-state index in [4.69, 9.17) is 16.6 Å². The Labute approximate surface area is 98.5 Å². The van der Waals surface area contributed by atoms with Crippen molar-refractivity contribution >= 4 is 39.1 Å². The molecule has 0 radical (unpaired) electrons. The van der Waals surface area contributed by atoms with Crippen molar-refractivity contribution in [3.63, 3.8) is 0 Å². The van der Waals surface area contributed by atoms with Crippen LogP contribution in [0.1, 0.15) is 5.56 Å². The van der Waals surface area contributed by atoms with Gasteiger partial charge in [0.25, 0.3) is 0 Å². The molecule has 0 spiro atoms. The van der Waals surface area contributed by atoms with Crippen molar-refractivity contribution in [2.75, 3.05) is 0 Å². The molecule has 1 aromatic heterocycles. The zero-order valence-corrected chi connectivity index (χ0v) is 10.1. The third-order valence-electron chi connectivity index (χ3n) is 2.12. The van der Waals surface area contributed by atoms with Gasteiger partial charge in [-0.2, -0.15) is 0 Å². The van der Waals surface area contributed by atoms with Crippen LogP contribution in [-0.4, -0.2) is 5.11 Å². The summed E-state index contributed by atoms with van der Waals surface area (Å²) in [5.74, 6) is -0.488. The molecule has 5 heteroatoms. The first-order chi connectivity index (χ1) is 7.00. The fraction of sp³-hybridized carbons (Fsp3) is 0.100. The highest BCUT2D eigenvalue weighted by molar-refractivity contribution is 9.10. The van der Waals surface area contributed by atoms with Crippen molar-refractivity contribution in [3.05, 3.63) is 32.7 Å². The topological polar surface area (TPSA) is 33.4 Å². The van der Waals surface area contributed by atoms with Crippen LogP contribution >= 0.6 is 28.1 Å². The largest absolute Gasteiger partial charge is 0.507 e.